The zero-order valence-electron chi connectivity index (χ0n) is 17.8. The summed E-state index contributed by atoms with van der Waals surface area (Å²) in [5.41, 5.74) is 1.89. The van der Waals surface area contributed by atoms with E-state index in [0.717, 1.165) is 11.1 Å². The van der Waals surface area contributed by atoms with Crippen molar-refractivity contribution in [3.05, 3.63) is 48.3 Å². The summed E-state index contributed by atoms with van der Waals surface area (Å²) in [5.74, 6) is 0.855. The van der Waals surface area contributed by atoms with E-state index in [2.05, 4.69) is 20.4 Å². The molecule has 9 heteroatoms. The lowest BCUT2D eigenvalue weighted by Gasteiger charge is -2.27. The third-order valence-corrected chi connectivity index (χ3v) is 5.07. The zero-order valence-corrected chi connectivity index (χ0v) is 17.8. The number of fused-ring (bicyclic) bond motifs is 1. The molecular weight excluding hydrogens is 401 g/mol. The summed E-state index contributed by atoms with van der Waals surface area (Å²) < 4.78 is 26.2. The summed E-state index contributed by atoms with van der Waals surface area (Å²) in [7, 11) is 3.41. The van der Waals surface area contributed by atoms with E-state index < -0.39 is 5.60 Å². The van der Waals surface area contributed by atoms with E-state index in [0.29, 0.717) is 29.0 Å². The minimum absolute atomic E-state index is 0.199. The van der Waals surface area contributed by atoms with Crippen molar-refractivity contribution in [2.24, 2.45) is 7.05 Å². The number of aryl methyl sites for hydroxylation is 1. The highest BCUT2D eigenvalue weighted by Gasteiger charge is 2.32. The molecule has 0 saturated carbocycles. The number of ether oxygens (including phenoxy) is 2. The Balaban J connectivity index is 1.61. The largest absolute Gasteiger partial charge is 0.494 e. The van der Waals surface area contributed by atoms with Crippen LogP contribution >= 0.6 is 0 Å². The number of aromatic nitrogens is 4. The van der Waals surface area contributed by atoms with E-state index in [1.165, 1.54) is 6.08 Å². The van der Waals surface area contributed by atoms with Gasteiger partial charge in [-0.05, 0) is 38.1 Å². The number of H-pyrrole nitrogens is 1. The molecule has 0 aliphatic heterocycles. The number of hydrogen-bond donors (Lipinski definition) is 2. The van der Waals surface area contributed by atoms with Crippen LogP contribution in [0.2, 0.25) is 0 Å². The van der Waals surface area contributed by atoms with Crippen molar-refractivity contribution in [3.8, 4) is 16.9 Å². The van der Waals surface area contributed by atoms with E-state index in [4.69, 9.17) is 9.47 Å². The molecule has 0 atom stereocenters. The number of halogens is 1. The lowest BCUT2D eigenvalue weighted by atomic mass is 10.1. The Morgan fingerprint density at radius 2 is 2.10 bits per heavy atom. The minimum Gasteiger partial charge on any atom is -0.494 e. The molecule has 0 unspecified atom stereocenters. The van der Waals surface area contributed by atoms with Gasteiger partial charge in [-0.25, -0.2) is 9.37 Å². The van der Waals surface area contributed by atoms with Crippen molar-refractivity contribution < 1.29 is 18.7 Å². The van der Waals surface area contributed by atoms with Crippen molar-refractivity contribution in [1.29, 1.82) is 0 Å². The maximum atomic E-state index is 13.2. The molecule has 1 aromatic carbocycles. The molecule has 1 aliphatic carbocycles. The molecule has 3 aromatic rings. The van der Waals surface area contributed by atoms with Crippen molar-refractivity contribution >= 4 is 22.9 Å². The molecule has 0 spiro atoms. The molecule has 31 heavy (non-hydrogen) atoms. The van der Waals surface area contributed by atoms with Gasteiger partial charge in [0, 0.05) is 37.2 Å². The maximum absolute atomic E-state index is 13.2. The summed E-state index contributed by atoms with van der Waals surface area (Å²) in [4.78, 5) is 20.6. The molecule has 0 fully saturated rings. The molecule has 2 heterocycles. The lowest BCUT2D eigenvalue weighted by molar-refractivity contribution is -0.133. The van der Waals surface area contributed by atoms with Gasteiger partial charge in [0.05, 0.1) is 19.1 Å². The third-order valence-electron chi connectivity index (χ3n) is 5.07. The minimum atomic E-state index is -1.18. The monoisotopic (exact) mass is 425 g/mol. The Bertz CT molecular complexity index is 1210. The van der Waals surface area contributed by atoms with Gasteiger partial charge in [-0.2, -0.15) is 5.10 Å². The Morgan fingerprint density at radius 3 is 2.74 bits per heavy atom. The number of anilines is 1. The Kier molecular flexibility index (Phi) is 5.26. The summed E-state index contributed by atoms with van der Waals surface area (Å²) in [6, 6.07) is 3.74. The highest BCUT2D eigenvalue weighted by atomic mass is 19.1. The number of rotatable bonds is 6. The number of methoxy groups -OCH3 is 1. The molecule has 2 aromatic heterocycles. The summed E-state index contributed by atoms with van der Waals surface area (Å²) >= 11 is 0. The number of carbonyl (C=O) groups is 1. The van der Waals surface area contributed by atoms with Crippen LogP contribution in [-0.4, -0.2) is 38.4 Å². The van der Waals surface area contributed by atoms with Crippen LogP contribution in [-0.2, 0) is 16.6 Å². The van der Waals surface area contributed by atoms with Gasteiger partial charge in [0.2, 0.25) is 5.95 Å². The van der Waals surface area contributed by atoms with Gasteiger partial charge in [-0.1, -0.05) is 0 Å². The second kappa shape index (κ2) is 7.90. The van der Waals surface area contributed by atoms with E-state index >= 15 is 0 Å². The van der Waals surface area contributed by atoms with Crippen LogP contribution < -0.4 is 10.1 Å². The van der Waals surface area contributed by atoms with Crippen LogP contribution in [0.1, 0.15) is 26.7 Å². The fourth-order valence-corrected chi connectivity index (χ4v) is 3.40. The quantitative estimate of drug-likeness (QED) is 0.616. The highest BCUT2D eigenvalue weighted by molar-refractivity contribution is 6.00. The number of nitrogens with zero attached hydrogens (tertiary/aromatic N) is 3. The number of aromatic amines is 1. The first kappa shape index (κ1) is 20.6. The zero-order chi connectivity index (χ0) is 22.2. The molecule has 0 bridgehead atoms. The molecule has 1 amide bonds. The Morgan fingerprint density at radius 1 is 1.29 bits per heavy atom. The predicted octanol–water partition coefficient (Wildman–Crippen LogP) is 4.24. The summed E-state index contributed by atoms with van der Waals surface area (Å²) in [6.07, 6.45) is 7.23. The van der Waals surface area contributed by atoms with Crippen LogP contribution in [0.4, 0.5) is 10.3 Å². The average Bonchev–Trinajstić information content (AvgIpc) is 3.35. The average molecular weight is 425 g/mol. The fourth-order valence-electron chi connectivity index (χ4n) is 3.40. The van der Waals surface area contributed by atoms with Crippen molar-refractivity contribution in [1.82, 2.24) is 19.7 Å². The van der Waals surface area contributed by atoms with Gasteiger partial charge >= 0.3 is 0 Å². The number of nitrogens with one attached hydrogen (secondary N) is 2. The fraction of sp³-hybridized carbons (Fsp3) is 0.318. The van der Waals surface area contributed by atoms with E-state index in [-0.39, 0.29) is 24.1 Å². The normalized spacial score (nSPS) is 14.2. The smallest absolute Gasteiger partial charge is 0.270 e. The molecule has 4 rings (SSSR count). The first-order valence-corrected chi connectivity index (χ1v) is 9.88. The van der Waals surface area contributed by atoms with Crippen molar-refractivity contribution in [2.75, 3.05) is 12.4 Å². The van der Waals surface area contributed by atoms with Gasteiger partial charge in [-0.3, -0.25) is 14.8 Å². The highest BCUT2D eigenvalue weighted by Crippen LogP contribution is 2.34. The van der Waals surface area contributed by atoms with E-state index in [9.17, 15) is 9.18 Å². The van der Waals surface area contributed by atoms with Gasteiger partial charge in [0.1, 0.15) is 22.6 Å². The molecule has 8 nitrogen and oxygen atoms in total. The number of carbonyl (C=O) groups excluding carboxylic acids is 1. The second-order valence-corrected chi connectivity index (χ2v) is 7.84. The molecular formula is C22H24FN5O3. The van der Waals surface area contributed by atoms with E-state index in [1.54, 1.807) is 37.9 Å². The Labute approximate surface area is 178 Å². The van der Waals surface area contributed by atoms with Crippen LogP contribution in [0.3, 0.4) is 0 Å². The maximum Gasteiger partial charge on any atom is 0.270 e. The first-order valence-electron chi connectivity index (χ1n) is 9.88. The van der Waals surface area contributed by atoms with Gasteiger partial charge in [-0.15, -0.1) is 0 Å². The molecule has 162 valence electrons. The number of imidazole rings is 1. The summed E-state index contributed by atoms with van der Waals surface area (Å²) in [6.45, 7) is 3.31. The number of amides is 1. The SMILES string of the molecule is COc1ccc(-c2cnn(C)c2)c2nc(NC(=O)C(C)(C)OC3=CC=C(F)CC3)[nH]c12. The van der Waals surface area contributed by atoms with Crippen molar-refractivity contribution in [3.63, 3.8) is 0 Å². The first-order chi connectivity index (χ1) is 14.8. The molecule has 1 aliphatic rings. The number of allylic oxidation sites excluding steroid dienone is 4. The topological polar surface area (TPSA) is 94.1 Å². The van der Waals surface area contributed by atoms with Gasteiger partial charge in [0.25, 0.3) is 5.91 Å². The Hall–Kier alpha value is -3.62. The van der Waals surface area contributed by atoms with Crippen LogP contribution in [0, 0.1) is 0 Å². The van der Waals surface area contributed by atoms with Crippen LogP contribution in [0.5, 0.6) is 5.75 Å². The standard InChI is InChI=1S/C22H24FN5O3/c1-22(2,31-15-7-5-14(23)6-8-15)20(29)27-21-25-18-16(13-11-24-28(3)12-13)9-10-17(30-4)19(18)26-21/h5,7,9-12H,6,8H2,1-4H3,(H2,25,26,27,29). The molecule has 0 saturated heterocycles. The number of hydrogen-bond acceptors (Lipinski definition) is 5. The second-order valence-electron chi connectivity index (χ2n) is 7.84. The summed E-state index contributed by atoms with van der Waals surface area (Å²) in [5, 5.41) is 7.00. The van der Waals surface area contributed by atoms with E-state index in [1.807, 2.05) is 25.4 Å². The molecule has 0 radical (unpaired) electrons. The van der Waals surface area contributed by atoms with Crippen LogP contribution in [0.25, 0.3) is 22.2 Å². The van der Waals surface area contributed by atoms with Gasteiger partial charge < -0.3 is 14.5 Å². The number of benzene rings is 1. The third kappa shape index (κ3) is 4.16. The molecule has 2 N–H and O–H groups in total. The van der Waals surface area contributed by atoms with Crippen LogP contribution in [0.15, 0.2) is 48.3 Å². The predicted molar refractivity (Wildman–Crippen MR) is 115 cm³/mol. The lowest BCUT2D eigenvalue weighted by Crippen LogP contribution is -2.40. The van der Waals surface area contributed by atoms with Crippen molar-refractivity contribution in [2.45, 2.75) is 32.3 Å². The van der Waals surface area contributed by atoms with Gasteiger partial charge in [0.15, 0.2) is 5.60 Å².